The summed E-state index contributed by atoms with van der Waals surface area (Å²) >= 11 is 0. The van der Waals surface area contributed by atoms with Gasteiger partial charge in [0.2, 0.25) is 11.8 Å². The Kier molecular flexibility index (Phi) is 8.01. The Labute approximate surface area is 200 Å². The lowest BCUT2D eigenvalue weighted by Gasteiger charge is -2.32. The summed E-state index contributed by atoms with van der Waals surface area (Å²) < 4.78 is 6.77. The van der Waals surface area contributed by atoms with Crippen molar-refractivity contribution in [2.75, 3.05) is 33.3 Å². The fourth-order valence-corrected chi connectivity index (χ4v) is 4.26. The van der Waals surface area contributed by atoms with E-state index in [2.05, 4.69) is 15.1 Å². The van der Waals surface area contributed by atoms with Crippen molar-refractivity contribution in [3.8, 4) is 5.95 Å². The number of nitrogens with zero attached hydrogens (tertiary/aromatic N) is 6. The highest BCUT2D eigenvalue weighted by Gasteiger charge is 2.30. The Bertz CT molecular complexity index is 1060. The summed E-state index contributed by atoms with van der Waals surface area (Å²) in [7, 11) is 1.62. The number of aryl methyl sites for hydroxylation is 3. The smallest absolute Gasteiger partial charge is 0.310 e. The Balaban J connectivity index is 1.65. The SMILES string of the molecule is CCOC(=O)C1CCCN(C(=O)CN(C)C(=O)Cc2c(C)nn(-c3nc(C)cc(C)n3)c2C)C1. The van der Waals surface area contributed by atoms with E-state index in [1.54, 1.807) is 23.6 Å². The largest absolute Gasteiger partial charge is 0.466 e. The van der Waals surface area contributed by atoms with Crippen LogP contribution in [0.3, 0.4) is 0 Å². The molecule has 0 bridgehead atoms. The van der Waals surface area contributed by atoms with Crippen molar-refractivity contribution in [2.24, 2.45) is 5.92 Å². The van der Waals surface area contributed by atoms with Gasteiger partial charge in [-0.1, -0.05) is 0 Å². The molecule has 1 aliphatic heterocycles. The Hall–Kier alpha value is -3.30. The molecule has 10 heteroatoms. The molecule has 0 radical (unpaired) electrons. The van der Waals surface area contributed by atoms with Crippen LogP contribution in [0.2, 0.25) is 0 Å². The zero-order valence-corrected chi connectivity index (χ0v) is 20.9. The summed E-state index contributed by atoms with van der Waals surface area (Å²) in [4.78, 5) is 49.9. The molecule has 0 aromatic carbocycles. The third-order valence-electron chi connectivity index (χ3n) is 6.12. The number of rotatable bonds is 7. The monoisotopic (exact) mass is 470 g/mol. The second-order valence-corrected chi connectivity index (χ2v) is 8.87. The first-order valence-corrected chi connectivity index (χ1v) is 11.7. The van der Waals surface area contributed by atoms with Gasteiger partial charge in [-0.15, -0.1) is 0 Å². The lowest BCUT2D eigenvalue weighted by Crippen LogP contribution is -2.47. The molecule has 1 unspecified atom stereocenters. The molecule has 0 N–H and O–H groups in total. The predicted molar refractivity (Wildman–Crippen MR) is 125 cm³/mol. The van der Waals surface area contributed by atoms with E-state index >= 15 is 0 Å². The van der Waals surface area contributed by atoms with Crippen LogP contribution in [-0.4, -0.2) is 80.6 Å². The van der Waals surface area contributed by atoms with Crippen LogP contribution >= 0.6 is 0 Å². The summed E-state index contributed by atoms with van der Waals surface area (Å²) in [6.07, 6.45) is 1.58. The van der Waals surface area contributed by atoms with Crippen LogP contribution in [0.25, 0.3) is 5.95 Å². The van der Waals surface area contributed by atoms with E-state index in [0.29, 0.717) is 32.1 Å². The number of carbonyl (C=O) groups excluding carboxylic acids is 3. The maximum atomic E-state index is 13.0. The Morgan fingerprint density at radius 1 is 1.15 bits per heavy atom. The number of likely N-dealkylation sites (N-methyl/N-ethyl adjacent to an activating group) is 1. The van der Waals surface area contributed by atoms with Crippen molar-refractivity contribution < 1.29 is 19.1 Å². The van der Waals surface area contributed by atoms with Gasteiger partial charge in [-0.3, -0.25) is 14.4 Å². The lowest BCUT2D eigenvalue weighted by molar-refractivity contribution is -0.152. The summed E-state index contributed by atoms with van der Waals surface area (Å²) in [5.74, 6) is -0.443. The molecule has 34 heavy (non-hydrogen) atoms. The highest BCUT2D eigenvalue weighted by atomic mass is 16.5. The quantitative estimate of drug-likeness (QED) is 0.566. The third-order valence-corrected chi connectivity index (χ3v) is 6.12. The topological polar surface area (TPSA) is 111 Å². The number of hydrogen-bond acceptors (Lipinski definition) is 7. The van der Waals surface area contributed by atoms with E-state index in [0.717, 1.165) is 34.8 Å². The summed E-state index contributed by atoms with van der Waals surface area (Å²) in [5, 5.41) is 4.55. The molecule has 3 rings (SSSR count). The third kappa shape index (κ3) is 5.78. The minimum atomic E-state index is -0.303. The second kappa shape index (κ2) is 10.8. The van der Waals surface area contributed by atoms with Gasteiger partial charge >= 0.3 is 5.97 Å². The fraction of sp³-hybridized carbons (Fsp3) is 0.583. The Morgan fingerprint density at radius 3 is 2.47 bits per heavy atom. The average Bonchev–Trinajstić information content (AvgIpc) is 3.07. The molecule has 10 nitrogen and oxygen atoms in total. The average molecular weight is 471 g/mol. The number of ether oxygens (including phenoxy) is 1. The van der Waals surface area contributed by atoms with Gasteiger partial charge in [-0.25, -0.2) is 14.6 Å². The van der Waals surface area contributed by atoms with Gasteiger partial charge in [0.05, 0.1) is 31.2 Å². The molecule has 2 aromatic rings. The molecule has 2 amide bonds. The summed E-state index contributed by atoms with van der Waals surface area (Å²) in [6, 6.07) is 1.89. The van der Waals surface area contributed by atoms with Gasteiger partial charge in [0, 0.05) is 42.8 Å². The van der Waals surface area contributed by atoms with E-state index < -0.39 is 0 Å². The minimum Gasteiger partial charge on any atom is -0.466 e. The molecule has 3 heterocycles. The molecular weight excluding hydrogens is 436 g/mol. The van der Waals surface area contributed by atoms with Crippen LogP contribution in [0.4, 0.5) is 0 Å². The van der Waals surface area contributed by atoms with Crippen molar-refractivity contribution in [1.82, 2.24) is 29.5 Å². The minimum absolute atomic E-state index is 0.0409. The van der Waals surface area contributed by atoms with E-state index in [1.165, 1.54) is 4.90 Å². The van der Waals surface area contributed by atoms with Crippen LogP contribution in [0.15, 0.2) is 6.07 Å². The standard InChI is InChI=1S/C24H34N6O4/c1-7-34-23(33)19-9-8-10-29(13-19)22(32)14-28(6)21(31)12-20-17(4)27-30(18(20)5)24-25-15(2)11-16(3)26-24/h11,19H,7-10,12-14H2,1-6H3. The van der Waals surface area contributed by atoms with Crippen molar-refractivity contribution in [3.05, 3.63) is 34.4 Å². The Morgan fingerprint density at radius 2 is 1.82 bits per heavy atom. The molecule has 184 valence electrons. The highest BCUT2D eigenvalue weighted by Crippen LogP contribution is 2.20. The fourth-order valence-electron chi connectivity index (χ4n) is 4.26. The van der Waals surface area contributed by atoms with Crippen molar-refractivity contribution in [2.45, 2.75) is 53.9 Å². The normalized spacial score (nSPS) is 15.8. The molecule has 1 saturated heterocycles. The van der Waals surface area contributed by atoms with Gasteiger partial charge in [0.1, 0.15) is 0 Å². The van der Waals surface area contributed by atoms with E-state index in [-0.39, 0.29) is 36.7 Å². The zero-order chi connectivity index (χ0) is 25.0. The number of piperidine rings is 1. The molecule has 0 saturated carbocycles. The molecular formula is C24H34N6O4. The molecule has 2 aromatic heterocycles. The maximum absolute atomic E-state index is 13.0. The lowest BCUT2D eigenvalue weighted by atomic mass is 9.98. The van der Waals surface area contributed by atoms with Crippen molar-refractivity contribution in [3.63, 3.8) is 0 Å². The molecule has 1 atom stereocenters. The van der Waals surface area contributed by atoms with Crippen LogP contribution in [0.1, 0.15) is 48.1 Å². The van der Waals surface area contributed by atoms with Crippen LogP contribution < -0.4 is 0 Å². The highest BCUT2D eigenvalue weighted by molar-refractivity contribution is 5.86. The van der Waals surface area contributed by atoms with Gasteiger partial charge in [0.25, 0.3) is 5.95 Å². The number of carbonyl (C=O) groups is 3. The number of aromatic nitrogens is 4. The number of esters is 1. The van der Waals surface area contributed by atoms with E-state index in [1.807, 2.05) is 33.8 Å². The van der Waals surface area contributed by atoms with Crippen LogP contribution in [0, 0.1) is 33.6 Å². The first-order chi connectivity index (χ1) is 16.1. The number of likely N-dealkylation sites (tertiary alicyclic amines) is 1. The number of amides is 2. The molecule has 1 fully saturated rings. The first-order valence-electron chi connectivity index (χ1n) is 11.7. The van der Waals surface area contributed by atoms with Gasteiger partial charge in [-0.05, 0) is 53.5 Å². The van der Waals surface area contributed by atoms with Gasteiger partial charge < -0.3 is 14.5 Å². The summed E-state index contributed by atoms with van der Waals surface area (Å²) in [6.45, 7) is 10.5. The second-order valence-electron chi connectivity index (χ2n) is 8.87. The predicted octanol–water partition coefficient (Wildman–Crippen LogP) is 1.70. The number of hydrogen-bond donors (Lipinski definition) is 0. The first kappa shape index (κ1) is 25.3. The van der Waals surface area contributed by atoms with E-state index in [9.17, 15) is 14.4 Å². The zero-order valence-electron chi connectivity index (χ0n) is 20.9. The van der Waals surface area contributed by atoms with Crippen LogP contribution in [0.5, 0.6) is 0 Å². The summed E-state index contributed by atoms with van der Waals surface area (Å²) in [5.41, 5.74) is 4.00. The van der Waals surface area contributed by atoms with Gasteiger partial charge in [-0.2, -0.15) is 5.10 Å². The molecule has 0 spiro atoms. The van der Waals surface area contributed by atoms with Crippen molar-refractivity contribution in [1.29, 1.82) is 0 Å². The van der Waals surface area contributed by atoms with Gasteiger partial charge in [0.15, 0.2) is 0 Å². The maximum Gasteiger partial charge on any atom is 0.310 e. The molecule has 1 aliphatic rings. The van der Waals surface area contributed by atoms with Crippen molar-refractivity contribution >= 4 is 17.8 Å². The van der Waals surface area contributed by atoms with E-state index in [4.69, 9.17) is 4.74 Å². The van der Waals surface area contributed by atoms with Crippen LogP contribution in [-0.2, 0) is 25.5 Å². The molecule has 0 aliphatic carbocycles.